The maximum atomic E-state index is 6.10. The highest BCUT2D eigenvalue weighted by Crippen LogP contribution is 2.14. The fraction of sp³-hybridized carbons (Fsp3) is 1.00. The van der Waals surface area contributed by atoms with Gasteiger partial charge >= 0.3 is 0 Å². The van der Waals surface area contributed by atoms with Crippen molar-refractivity contribution in [1.29, 1.82) is 0 Å². The smallest absolute Gasteiger partial charge is 0.0855 e. The second kappa shape index (κ2) is 5.10. The van der Waals surface area contributed by atoms with Gasteiger partial charge < -0.3 is 10.5 Å². The Morgan fingerprint density at radius 1 is 1.29 bits per heavy atom. The van der Waals surface area contributed by atoms with Crippen molar-refractivity contribution in [1.82, 2.24) is 4.90 Å². The molecular weight excluding hydrogens is 176 g/mol. The molecular formula is C11H24N2O. The number of nitrogens with zero attached hydrogens (tertiary/aromatic N) is 1. The van der Waals surface area contributed by atoms with Gasteiger partial charge in [-0.2, -0.15) is 0 Å². The second-order valence-electron chi connectivity index (χ2n) is 4.82. The predicted molar refractivity (Wildman–Crippen MR) is 59.3 cm³/mol. The van der Waals surface area contributed by atoms with Crippen molar-refractivity contribution in [2.24, 2.45) is 11.7 Å². The molecule has 0 bridgehead atoms. The quantitative estimate of drug-likeness (QED) is 0.741. The van der Waals surface area contributed by atoms with E-state index in [1.807, 2.05) is 0 Å². The van der Waals surface area contributed by atoms with E-state index in [1.165, 1.54) is 0 Å². The Labute approximate surface area is 87.6 Å². The number of nitrogens with two attached hydrogens (primary N) is 1. The fourth-order valence-electron chi connectivity index (χ4n) is 1.83. The zero-order chi connectivity index (χ0) is 10.7. The first-order valence-electron chi connectivity index (χ1n) is 5.63. The van der Waals surface area contributed by atoms with E-state index in [-0.39, 0.29) is 12.1 Å². The number of ether oxygens (including phenoxy) is 1. The van der Waals surface area contributed by atoms with E-state index in [4.69, 9.17) is 10.5 Å². The minimum Gasteiger partial charge on any atom is -0.374 e. The Kier molecular flexibility index (Phi) is 4.35. The predicted octanol–water partition coefficient (Wildman–Crippen LogP) is 1.08. The molecule has 1 fully saturated rings. The third-order valence-electron chi connectivity index (χ3n) is 3.05. The lowest BCUT2D eigenvalue weighted by atomic mass is 9.98. The van der Waals surface area contributed by atoms with E-state index in [1.54, 1.807) is 0 Å². The Morgan fingerprint density at radius 2 is 1.93 bits per heavy atom. The van der Waals surface area contributed by atoms with E-state index in [0.717, 1.165) is 19.7 Å². The Morgan fingerprint density at radius 3 is 2.43 bits per heavy atom. The maximum Gasteiger partial charge on any atom is 0.0855 e. The van der Waals surface area contributed by atoms with Crippen LogP contribution in [-0.2, 0) is 4.74 Å². The summed E-state index contributed by atoms with van der Waals surface area (Å²) in [6.45, 7) is 11.6. The molecule has 14 heavy (non-hydrogen) atoms. The van der Waals surface area contributed by atoms with Crippen molar-refractivity contribution in [3.05, 3.63) is 0 Å². The fourth-order valence-corrected chi connectivity index (χ4v) is 1.83. The van der Waals surface area contributed by atoms with Crippen LogP contribution in [0.4, 0.5) is 0 Å². The van der Waals surface area contributed by atoms with Gasteiger partial charge in [-0.05, 0) is 19.8 Å². The molecule has 1 rings (SSSR count). The van der Waals surface area contributed by atoms with Crippen LogP contribution >= 0.6 is 0 Å². The molecule has 3 nitrogen and oxygen atoms in total. The molecule has 3 heteroatoms. The molecule has 0 radical (unpaired) electrons. The maximum absolute atomic E-state index is 6.10. The van der Waals surface area contributed by atoms with Crippen molar-refractivity contribution < 1.29 is 4.74 Å². The third kappa shape index (κ3) is 2.94. The summed E-state index contributed by atoms with van der Waals surface area (Å²) in [7, 11) is 0. The van der Waals surface area contributed by atoms with Gasteiger partial charge in [0.15, 0.2) is 0 Å². The van der Waals surface area contributed by atoms with Crippen LogP contribution in [0.1, 0.15) is 27.7 Å². The molecule has 1 aliphatic heterocycles. The molecule has 1 saturated heterocycles. The van der Waals surface area contributed by atoms with Crippen molar-refractivity contribution in [2.45, 2.75) is 45.9 Å². The van der Waals surface area contributed by atoms with Crippen LogP contribution in [0, 0.1) is 5.92 Å². The molecule has 0 aliphatic carbocycles. The average molecular weight is 200 g/mol. The summed E-state index contributed by atoms with van der Waals surface area (Å²) in [5, 5.41) is 0. The average Bonchev–Trinajstić information content (AvgIpc) is 2.16. The first kappa shape index (κ1) is 12.0. The Balaban J connectivity index is 2.47. The van der Waals surface area contributed by atoms with Crippen LogP contribution in [-0.4, -0.2) is 42.8 Å². The van der Waals surface area contributed by atoms with Crippen molar-refractivity contribution in [2.75, 3.05) is 19.7 Å². The van der Waals surface area contributed by atoms with Gasteiger partial charge in [-0.25, -0.2) is 0 Å². The van der Waals surface area contributed by atoms with Gasteiger partial charge in [0.2, 0.25) is 0 Å². The number of morpholine rings is 1. The summed E-state index contributed by atoms with van der Waals surface area (Å²) in [4.78, 5) is 2.44. The van der Waals surface area contributed by atoms with Gasteiger partial charge in [0.1, 0.15) is 0 Å². The minimum atomic E-state index is 0.163. The van der Waals surface area contributed by atoms with E-state index >= 15 is 0 Å². The van der Waals surface area contributed by atoms with E-state index in [0.29, 0.717) is 12.0 Å². The molecule has 1 aliphatic rings. The van der Waals surface area contributed by atoms with Gasteiger partial charge in [-0.3, -0.25) is 4.90 Å². The highest BCUT2D eigenvalue weighted by atomic mass is 16.5. The highest BCUT2D eigenvalue weighted by molar-refractivity contribution is 4.83. The largest absolute Gasteiger partial charge is 0.374 e. The van der Waals surface area contributed by atoms with Crippen LogP contribution in [0.5, 0.6) is 0 Å². The Bertz CT molecular complexity index is 165. The SMILES string of the molecule is CC(C)C(N)C1CN(C(C)C)CCO1. The molecule has 0 aromatic carbocycles. The van der Waals surface area contributed by atoms with Crippen LogP contribution < -0.4 is 5.73 Å². The topological polar surface area (TPSA) is 38.5 Å². The zero-order valence-corrected chi connectivity index (χ0v) is 9.86. The molecule has 0 amide bonds. The lowest BCUT2D eigenvalue weighted by Gasteiger charge is -2.38. The van der Waals surface area contributed by atoms with E-state index in [9.17, 15) is 0 Å². The van der Waals surface area contributed by atoms with Gasteiger partial charge in [0, 0.05) is 25.2 Å². The van der Waals surface area contributed by atoms with Gasteiger partial charge in [-0.1, -0.05) is 13.8 Å². The van der Waals surface area contributed by atoms with Gasteiger partial charge in [0.05, 0.1) is 12.7 Å². The summed E-state index contributed by atoms with van der Waals surface area (Å²) < 4.78 is 5.71. The van der Waals surface area contributed by atoms with E-state index < -0.39 is 0 Å². The van der Waals surface area contributed by atoms with Crippen LogP contribution in [0.3, 0.4) is 0 Å². The van der Waals surface area contributed by atoms with Gasteiger partial charge in [0.25, 0.3) is 0 Å². The van der Waals surface area contributed by atoms with Crippen LogP contribution in [0.15, 0.2) is 0 Å². The normalized spacial score (nSPS) is 27.2. The Hall–Kier alpha value is -0.120. The summed E-state index contributed by atoms with van der Waals surface area (Å²) >= 11 is 0. The molecule has 2 unspecified atom stereocenters. The van der Waals surface area contributed by atoms with E-state index in [2.05, 4.69) is 32.6 Å². The minimum absolute atomic E-state index is 0.163. The molecule has 0 spiro atoms. The molecule has 2 N–H and O–H groups in total. The summed E-state index contributed by atoms with van der Waals surface area (Å²) in [5.74, 6) is 0.493. The summed E-state index contributed by atoms with van der Waals surface area (Å²) in [6.07, 6.45) is 0.214. The molecule has 0 aromatic heterocycles. The van der Waals surface area contributed by atoms with Crippen LogP contribution in [0.2, 0.25) is 0 Å². The first-order chi connectivity index (χ1) is 6.52. The second-order valence-corrected chi connectivity index (χ2v) is 4.82. The van der Waals surface area contributed by atoms with Crippen LogP contribution in [0.25, 0.3) is 0 Å². The summed E-state index contributed by atoms with van der Waals surface area (Å²) in [5.41, 5.74) is 6.10. The standard InChI is InChI=1S/C11H24N2O/c1-8(2)11(12)10-7-13(9(3)4)5-6-14-10/h8-11H,5-7,12H2,1-4H3. The first-order valence-corrected chi connectivity index (χ1v) is 5.63. The van der Waals surface area contributed by atoms with Crippen molar-refractivity contribution >= 4 is 0 Å². The molecule has 0 saturated carbocycles. The lowest BCUT2D eigenvalue weighted by molar-refractivity contribution is -0.0558. The van der Waals surface area contributed by atoms with Crippen molar-refractivity contribution in [3.63, 3.8) is 0 Å². The molecule has 2 atom stereocenters. The van der Waals surface area contributed by atoms with Gasteiger partial charge in [-0.15, -0.1) is 0 Å². The molecule has 1 heterocycles. The zero-order valence-electron chi connectivity index (χ0n) is 9.86. The number of hydrogen-bond acceptors (Lipinski definition) is 3. The summed E-state index contributed by atoms with van der Waals surface area (Å²) in [6, 6.07) is 0.761. The monoisotopic (exact) mass is 200 g/mol. The lowest BCUT2D eigenvalue weighted by Crippen LogP contribution is -2.53. The van der Waals surface area contributed by atoms with Crippen molar-refractivity contribution in [3.8, 4) is 0 Å². The molecule has 84 valence electrons. The molecule has 0 aromatic rings. The number of rotatable bonds is 3. The highest BCUT2D eigenvalue weighted by Gasteiger charge is 2.28. The number of hydrogen-bond donors (Lipinski definition) is 1. The third-order valence-corrected chi connectivity index (χ3v) is 3.05.